The highest BCUT2D eigenvalue weighted by molar-refractivity contribution is 7.93. The Balaban J connectivity index is 3.05. The van der Waals surface area contributed by atoms with E-state index < -0.39 is 30.3 Å². The number of carbonyl (C=O) groups is 1. The van der Waals surface area contributed by atoms with Crippen LogP contribution in [0, 0.1) is 0 Å². The van der Waals surface area contributed by atoms with Crippen molar-refractivity contribution in [2.24, 2.45) is 4.36 Å². The van der Waals surface area contributed by atoms with Gasteiger partial charge in [0.2, 0.25) is 0 Å². The van der Waals surface area contributed by atoms with Gasteiger partial charge in [-0.15, -0.1) is 10.9 Å². The fourth-order valence-electron chi connectivity index (χ4n) is 2.18. The lowest BCUT2D eigenvalue weighted by Crippen LogP contribution is -2.55. The maximum absolute atomic E-state index is 13.5. The molecule has 0 aliphatic rings. The van der Waals surface area contributed by atoms with E-state index in [0.717, 1.165) is 12.0 Å². The van der Waals surface area contributed by atoms with Crippen molar-refractivity contribution in [3.63, 3.8) is 0 Å². The van der Waals surface area contributed by atoms with E-state index in [4.69, 9.17) is 4.74 Å². The summed E-state index contributed by atoms with van der Waals surface area (Å²) in [4.78, 5) is 12.4. The molecule has 0 aliphatic heterocycles. The minimum atomic E-state index is -2.91. The zero-order valence-corrected chi connectivity index (χ0v) is 19.3. The predicted molar refractivity (Wildman–Crippen MR) is 117 cm³/mol. The van der Waals surface area contributed by atoms with Crippen LogP contribution in [-0.4, -0.2) is 24.3 Å². The van der Waals surface area contributed by atoms with Crippen molar-refractivity contribution in [3.05, 3.63) is 48.6 Å². The third kappa shape index (κ3) is 7.60. The van der Waals surface area contributed by atoms with Crippen molar-refractivity contribution in [1.29, 1.82) is 0 Å². The number of benzene rings is 1. The van der Waals surface area contributed by atoms with Crippen molar-refractivity contribution in [3.8, 4) is 0 Å². The first kappa shape index (κ1) is 23.6. The third-order valence-corrected chi connectivity index (χ3v) is 13.2. The van der Waals surface area contributed by atoms with Crippen LogP contribution in [0.15, 0.2) is 47.3 Å². The van der Waals surface area contributed by atoms with E-state index in [-0.39, 0.29) is 5.04 Å². The van der Waals surface area contributed by atoms with Gasteiger partial charge in [-0.05, 0) is 30.4 Å². The maximum atomic E-state index is 13.5. The lowest BCUT2D eigenvalue weighted by atomic mass is 10.1. The molecule has 1 N–H and O–H groups in total. The van der Waals surface area contributed by atoms with Gasteiger partial charge >= 0.3 is 6.09 Å². The molecular weight excluding hydrogens is 376 g/mol. The van der Waals surface area contributed by atoms with E-state index in [0.29, 0.717) is 12.2 Å². The smallest absolute Gasteiger partial charge is 0.440 e. The van der Waals surface area contributed by atoms with Crippen LogP contribution in [0.25, 0.3) is 0 Å². The normalized spacial score (nSPS) is 15.5. The average molecular weight is 411 g/mol. The summed E-state index contributed by atoms with van der Waals surface area (Å²) in [6.07, 6.45) is 1.91. The topological polar surface area (TPSA) is 67.8 Å². The summed E-state index contributed by atoms with van der Waals surface area (Å²) in [5.41, 5.74) is 0.872. The Morgan fingerprint density at radius 2 is 1.93 bits per heavy atom. The van der Waals surface area contributed by atoms with Crippen LogP contribution in [0.4, 0.5) is 4.79 Å². The van der Waals surface area contributed by atoms with Crippen LogP contribution in [0.1, 0.15) is 52.2 Å². The second-order valence-corrected chi connectivity index (χ2v) is 15.7. The molecule has 0 spiro atoms. The summed E-state index contributed by atoms with van der Waals surface area (Å²) >= 11 is 0. The zero-order chi connectivity index (χ0) is 20.7. The number of allylic oxidation sites excluding steroid dienone is 1. The lowest BCUT2D eigenvalue weighted by molar-refractivity contribution is 0.117. The number of hydrogen-bond donors (Lipinski definition) is 1. The SMILES string of the molecule is C=CCCCS(=O)(=NC(=O)O[C@@H](C)c1ccccc1)N[Si](C)(C)C(C)(C)C. The summed E-state index contributed by atoms with van der Waals surface area (Å²) in [7, 11) is -5.04. The van der Waals surface area contributed by atoms with Gasteiger partial charge in [-0.1, -0.05) is 70.3 Å². The van der Waals surface area contributed by atoms with Crippen LogP contribution < -0.4 is 4.39 Å². The van der Waals surface area contributed by atoms with Crippen molar-refractivity contribution in [1.82, 2.24) is 4.39 Å². The molecule has 5 nitrogen and oxygen atoms in total. The Morgan fingerprint density at radius 3 is 2.44 bits per heavy atom. The Labute approximate surface area is 166 Å². The molecular formula is C20H34N2O3SSi. The first-order valence-corrected chi connectivity index (χ1v) is 14.0. The first-order chi connectivity index (χ1) is 12.4. The van der Waals surface area contributed by atoms with E-state index in [2.05, 4.69) is 49.2 Å². The number of unbranched alkanes of at least 4 members (excludes halogenated alkanes) is 1. The standard InChI is InChI=1S/C20H34N2O3SSi/c1-8-9-13-16-26(24,22-27(6,7)20(3,4)5)21-19(23)25-17(2)18-14-11-10-12-15-18/h8,10-12,14-15,17H,1,9,13,16H2,2-7H3,(H,21,22,23,24)/t17-,26?/m0/s1. The molecule has 0 bridgehead atoms. The number of amides is 1. The molecule has 1 aromatic carbocycles. The highest BCUT2D eigenvalue weighted by atomic mass is 32.2. The van der Waals surface area contributed by atoms with E-state index in [9.17, 15) is 9.00 Å². The van der Waals surface area contributed by atoms with Gasteiger partial charge < -0.3 is 4.74 Å². The molecule has 0 saturated carbocycles. The van der Waals surface area contributed by atoms with Crippen LogP contribution in [0.2, 0.25) is 18.1 Å². The Morgan fingerprint density at radius 1 is 1.33 bits per heavy atom. The van der Waals surface area contributed by atoms with Gasteiger partial charge in [0.05, 0.1) is 0 Å². The van der Waals surface area contributed by atoms with Gasteiger partial charge in [-0.25, -0.2) is 9.00 Å². The predicted octanol–water partition coefficient (Wildman–Crippen LogP) is 5.83. The molecule has 0 fully saturated rings. The number of carbonyl (C=O) groups excluding carboxylic acids is 1. The van der Waals surface area contributed by atoms with Gasteiger partial charge in [0.25, 0.3) is 0 Å². The Kier molecular flexibility index (Phi) is 8.44. The zero-order valence-electron chi connectivity index (χ0n) is 17.5. The first-order valence-electron chi connectivity index (χ1n) is 9.30. The van der Waals surface area contributed by atoms with E-state index >= 15 is 0 Å². The summed E-state index contributed by atoms with van der Waals surface area (Å²) in [5, 5.41) is -0.0369. The molecule has 0 saturated heterocycles. The Hall–Kier alpha value is -1.44. The van der Waals surface area contributed by atoms with E-state index in [1.807, 2.05) is 30.3 Å². The third-order valence-electron chi connectivity index (χ3n) is 4.89. The molecule has 1 amide bonds. The summed E-state index contributed by atoms with van der Waals surface area (Å²) in [6.45, 7) is 16.0. The largest absolute Gasteiger partial charge is 0.443 e. The molecule has 0 aliphatic carbocycles. The summed E-state index contributed by atoms with van der Waals surface area (Å²) < 4.78 is 26.2. The highest BCUT2D eigenvalue weighted by Gasteiger charge is 2.38. The molecule has 1 aromatic rings. The quantitative estimate of drug-likeness (QED) is 0.333. The monoisotopic (exact) mass is 410 g/mol. The summed E-state index contributed by atoms with van der Waals surface area (Å²) in [5.74, 6) is 0.292. The fourth-order valence-corrected chi connectivity index (χ4v) is 8.12. The molecule has 152 valence electrons. The van der Waals surface area contributed by atoms with Crippen molar-refractivity contribution >= 4 is 24.2 Å². The second-order valence-electron chi connectivity index (χ2n) is 8.28. The Bertz CT molecular complexity index is 748. The number of ether oxygens (including phenoxy) is 1. The van der Waals surface area contributed by atoms with Gasteiger partial charge in [0, 0.05) is 5.75 Å². The molecule has 0 radical (unpaired) electrons. The second kappa shape index (κ2) is 9.66. The number of nitrogens with zero attached hydrogens (tertiary/aromatic N) is 1. The van der Waals surface area contributed by atoms with Crippen molar-refractivity contribution < 1.29 is 13.7 Å². The van der Waals surface area contributed by atoms with Crippen LogP contribution in [0.3, 0.4) is 0 Å². The molecule has 7 heteroatoms. The van der Waals surface area contributed by atoms with Crippen molar-refractivity contribution in [2.45, 2.75) is 64.8 Å². The fraction of sp³-hybridized carbons (Fsp3) is 0.550. The average Bonchev–Trinajstić information content (AvgIpc) is 2.53. The van der Waals surface area contributed by atoms with Crippen LogP contribution >= 0.6 is 0 Å². The van der Waals surface area contributed by atoms with E-state index in [1.54, 1.807) is 13.0 Å². The van der Waals surface area contributed by atoms with Gasteiger partial charge in [0.15, 0.2) is 0 Å². The lowest BCUT2D eigenvalue weighted by Gasteiger charge is -2.37. The minimum absolute atomic E-state index is 0.0369. The summed E-state index contributed by atoms with van der Waals surface area (Å²) in [6, 6.07) is 9.43. The van der Waals surface area contributed by atoms with Gasteiger partial charge in [-0.3, -0.25) is 4.39 Å². The molecule has 0 heterocycles. The molecule has 1 rings (SSSR count). The molecule has 0 aromatic heterocycles. The molecule has 1 unspecified atom stereocenters. The maximum Gasteiger partial charge on any atom is 0.443 e. The highest BCUT2D eigenvalue weighted by Crippen LogP contribution is 2.34. The van der Waals surface area contributed by atoms with Gasteiger partial charge in [0.1, 0.15) is 24.3 Å². The van der Waals surface area contributed by atoms with Crippen LogP contribution in [0.5, 0.6) is 0 Å². The van der Waals surface area contributed by atoms with Crippen molar-refractivity contribution in [2.75, 3.05) is 5.75 Å². The van der Waals surface area contributed by atoms with Gasteiger partial charge in [-0.2, -0.15) is 0 Å². The number of nitrogens with one attached hydrogen (secondary N) is 1. The molecule has 27 heavy (non-hydrogen) atoms. The molecule has 2 atom stereocenters. The van der Waals surface area contributed by atoms with E-state index in [1.165, 1.54) is 0 Å². The minimum Gasteiger partial charge on any atom is -0.440 e. The number of hydrogen-bond acceptors (Lipinski definition) is 3. The van der Waals surface area contributed by atoms with Crippen LogP contribution in [-0.2, 0) is 14.7 Å². The number of rotatable bonds is 8.